The lowest BCUT2D eigenvalue weighted by Gasteiger charge is -2.08. The van der Waals surface area contributed by atoms with Gasteiger partial charge in [0.1, 0.15) is 11.8 Å². The van der Waals surface area contributed by atoms with Crippen LogP contribution in [0.4, 0.5) is 5.69 Å². The summed E-state index contributed by atoms with van der Waals surface area (Å²) in [5.41, 5.74) is 2.48. The van der Waals surface area contributed by atoms with E-state index in [9.17, 15) is 0 Å². The zero-order chi connectivity index (χ0) is 12.3. The van der Waals surface area contributed by atoms with Crippen LogP contribution < -0.4 is 5.32 Å². The van der Waals surface area contributed by atoms with Crippen molar-refractivity contribution in [1.29, 1.82) is 5.26 Å². The lowest BCUT2D eigenvalue weighted by atomic mass is 10.1. The summed E-state index contributed by atoms with van der Waals surface area (Å²) in [5, 5.41) is 12.3. The first-order valence-corrected chi connectivity index (χ1v) is 5.98. The van der Waals surface area contributed by atoms with E-state index in [0.717, 1.165) is 17.0 Å². The van der Waals surface area contributed by atoms with Gasteiger partial charge in [-0.2, -0.15) is 5.26 Å². The molecule has 0 aliphatic heterocycles. The average Bonchev–Trinajstić information content (AvgIpc) is 2.72. The number of hydrogen-bond acceptors (Lipinski definition) is 3. The molecule has 0 radical (unpaired) electrons. The maximum Gasteiger partial charge on any atom is 0.169 e. The van der Waals surface area contributed by atoms with Crippen LogP contribution >= 0.6 is 15.9 Å². The van der Waals surface area contributed by atoms with Gasteiger partial charge in [0.2, 0.25) is 0 Å². The molecule has 1 aromatic heterocycles. The van der Waals surface area contributed by atoms with Crippen LogP contribution in [0, 0.1) is 18.3 Å². The summed E-state index contributed by atoms with van der Waals surface area (Å²) < 4.78 is 6.09. The first kappa shape index (κ1) is 11.7. The number of rotatable bonds is 3. The third-order valence-corrected chi connectivity index (χ3v) is 2.89. The van der Waals surface area contributed by atoms with Gasteiger partial charge >= 0.3 is 0 Å². The Morgan fingerprint density at radius 3 is 2.82 bits per heavy atom. The molecule has 2 rings (SSSR count). The number of nitrogens with zero attached hydrogens (tertiary/aromatic N) is 1. The van der Waals surface area contributed by atoms with E-state index in [2.05, 4.69) is 27.3 Å². The van der Waals surface area contributed by atoms with Crippen molar-refractivity contribution in [3.8, 4) is 6.07 Å². The Bertz CT molecular complexity index is 569. The summed E-state index contributed by atoms with van der Waals surface area (Å²) in [4.78, 5) is 0. The number of nitrogens with one attached hydrogen (secondary N) is 1. The van der Waals surface area contributed by atoms with E-state index in [0.29, 0.717) is 16.8 Å². The van der Waals surface area contributed by atoms with E-state index < -0.39 is 0 Å². The summed E-state index contributed by atoms with van der Waals surface area (Å²) in [6, 6.07) is 11.7. The molecule has 1 aromatic carbocycles. The van der Waals surface area contributed by atoms with Gasteiger partial charge in [-0.3, -0.25) is 0 Å². The molecule has 2 aromatic rings. The second kappa shape index (κ2) is 5.07. The van der Waals surface area contributed by atoms with E-state index in [1.165, 1.54) is 0 Å². The van der Waals surface area contributed by atoms with Crippen molar-refractivity contribution < 1.29 is 4.42 Å². The molecule has 3 nitrogen and oxygen atoms in total. The van der Waals surface area contributed by atoms with Gasteiger partial charge in [0.15, 0.2) is 4.67 Å². The highest BCUT2D eigenvalue weighted by Gasteiger charge is 2.05. The number of hydrogen-bond donors (Lipinski definition) is 1. The molecular formula is C13H11BrN2O. The summed E-state index contributed by atoms with van der Waals surface area (Å²) in [5.74, 6) is 0.822. The Balaban J connectivity index is 2.14. The van der Waals surface area contributed by atoms with Crippen molar-refractivity contribution >= 4 is 21.6 Å². The number of furan rings is 1. The van der Waals surface area contributed by atoms with Crippen LogP contribution in [0.3, 0.4) is 0 Å². The fourth-order valence-electron chi connectivity index (χ4n) is 1.59. The highest BCUT2D eigenvalue weighted by molar-refractivity contribution is 9.10. The number of aryl methyl sites for hydroxylation is 1. The Labute approximate surface area is 108 Å². The van der Waals surface area contributed by atoms with Crippen molar-refractivity contribution in [2.75, 3.05) is 5.32 Å². The highest BCUT2D eigenvalue weighted by Crippen LogP contribution is 2.20. The predicted molar refractivity (Wildman–Crippen MR) is 69.6 cm³/mol. The maximum atomic E-state index is 9.08. The quantitative estimate of drug-likeness (QED) is 0.934. The first-order valence-electron chi connectivity index (χ1n) is 5.18. The molecule has 0 spiro atoms. The number of benzene rings is 1. The van der Waals surface area contributed by atoms with Gasteiger partial charge in [-0.05, 0) is 46.6 Å². The zero-order valence-corrected chi connectivity index (χ0v) is 10.9. The van der Waals surface area contributed by atoms with Crippen LogP contribution in [0.5, 0.6) is 0 Å². The summed E-state index contributed by atoms with van der Waals surface area (Å²) in [6.07, 6.45) is 0. The van der Waals surface area contributed by atoms with Gasteiger partial charge in [-0.15, -0.1) is 0 Å². The summed E-state index contributed by atoms with van der Waals surface area (Å²) >= 11 is 3.25. The van der Waals surface area contributed by atoms with Gasteiger partial charge in [0.25, 0.3) is 0 Å². The van der Waals surface area contributed by atoms with Crippen LogP contribution in [0.1, 0.15) is 16.9 Å². The van der Waals surface area contributed by atoms with Crippen LogP contribution in [0.2, 0.25) is 0 Å². The van der Waals surface area contributed by atoms with Crippen molar-refractivity contribution in [3.05, 3.63) is 51.9 Å². The van der Waals surface area contributed by atoms with Crippen LogP contribution in [0.15, 0.2) is 39.4 Å². The lowest BCUT2D eigenvalue weighted by Crippen LogP contribution is -2.01. The number of nitriles is 1. The fourth-order valence-corrected chi connectivity index (χ4v) is 1.93. The second-order valence-corrected chi connectivity index (χ2v) is 4.45. The highest BCUT2D eigenvalue weighted by atomic mass is 79.9. The van der Waals surface area contributed by atoms with Gasteiger partial charge in [0, 0.05) is 0 Å². The molecule has 86 valence electrons. The molecule has 0 aliphatic rings. The minimum absolute atomic E-state index is 0.559. The first-order chi connectivity index (χ1) is 8.20. The lowest BCUT2D eigenvalue weighted by molar-refractivity contribution is 0.495. The molecular weight excluding hydrogens is 280 g/mol. The largest absolute Gasteiger partial charge is 0.452 e. The molecule has 17 heavy (non-hydrogen) atoms. The molecule has 0 atom stereocenters. The van der Waals surface area contributed by atoms with E-state index >= 15 is 0 Å². The molecule has 1 heterocycles. The fraction of sp³-hybridized carbons (Fsp3) is 0.154. The van der Waals surface area contributed by atoms with Crippen LogP contribution in [0.25, 0.3) is 0 Å². The van der Waals surface area contributed by atoms with Crippen molar-refractivity contribution in [2.45, 2.75) is 13.5 Å². The minimum atomic E-state index is 0.559. The van der Waals surface area contributed by atoms with Gasteiger partial charge in [0.05, 0.1) is 17.8 Å². The standard InChI is InChI=1S/C13H11BrN2O/c1-9-3-2-4-12(11(9)7-15)16-8-10-5-6-13(14)17-10/h2-6,16H,8H2,1H3. The van der Waals surface area contributed by atoms with E-state index in [1.54, 1.807) is 0 Å². The minimum Gasteiger partial charge on any atom is -0.452 e. The number of anilines is 1. The molecule has 0 saturated heterocycles. The normalized spacial score (nSPS) is 9.94. The monoisotopic (exact) mass is 290 g/mol. The molecule has 1 N–H and O–H groups in total. The maximum absolute atomic E-state index is 9.08. The van der Waals surface area contributed by atoms with E-state index in [-0.39, 0.29) is 0 Å². The SMILES string of the molecule is Cc1cccc(NCc2ccc(Br)o2)c1C#N. The number of halogens is 1. The van der Waals surface area contributed by atoms with Crippen molar-refractivity contribution in [2.24, 2.45) is 0 Å². The predicted octanol–water partition coefficient (Wildman–Crippen LogP) is 3.83. The van der Waals surface area contributed by atoms with E-state index in [1.807, 2.05) is 37.3 Å². The zero-order valence-electron chi connectivity index (χ0n) is 9.33. The summed E-state index contributed by atoms with van der Waals surface area (Å²) in [6.45, 7) is 2.48. The van der Waals surface area contributed by atoms with Crippen LogP contribution in [-0.4, -0.2) is 0 Å². The smallest absolute Gasteiger partial charge is 0.169 e. The van der Waals surface area contributed by atoms with Gasteiger partial charge in [-0.25, -0.2) is 0 Å². The van der Waals surface area contributed by atoms with Crippen LogP contribution in [-0.2, 0) is 6.54 Å². The Morgan fingerprint density at radius 2 is 2.18 bits per heavy atom. The Kier molecular flexibility index (Phi) is 3.50. The molecule has 0 unspecified atom stereocenters. The Morgan fingerprint density at radius 1 is 1.35 bits per heavy atom. The molecule has 0 bridgehead atoms. The van der Waals surface area contributed by atoms with Crippen molar-refractivity contribution in [1.82, 2.24) is 0 Å². The molecule has 0 fully saturated rings. The summed E-state index contributed by atoms with van der Waals surface area (Å²) in [7, 11) is 0. The van der Waals surface area contributed by atoms with Gasteiger partial charge < -0.3 is 9.73 Å². The van der Waals surface area contributed by atoms with Crippen molar-refractivity contribution in [3.63, 3.8) is 0 Å². The third-order valence-electron chi connectivity index (χ3n) is 2.47. The molecule has 0 amide bonds. The third kappa shape index (κ3) is 2.69. The van der Waals surface area contributed by atoms with E-state index in [4.69, 9.17) is 9.68 Å². The Hall–Kier alpha value is -1.73. The molecule has 0 aliphatic carbocycles. The molecule has 0 saturated carbocycles. The molecule has 4 heteroatoms. The second-order valence-electron chi connectivity index (χ2n) is 3.67. The van der Waals surface area contributed by atoms with Gasteiger partial charge in [-0.1, -0.05) is 12.1 Å². The topological polar surface area (TPSA) is 49.0 Å². The average molecular weight is 291 g/mol.